The van der Waals surface area contributed by atoms with Crippen LogP contribution in [0.2, 0.25) is 0 Å². The van der Waals surface area contributed by atoms with Gasteiger partial charge >= 0.3 is 6.18 Å². The number of aromatic nitrogens is 1. The fourth-order valence-electron chi connectivity index (χ4n) is 1.06. The van der Waals surface area contributed by atoms with E-state index < -0.39 is 27.4 Å². The molecule has 0 aromatic carbocycles. The molecule has 0 atom stereocenters. The third-order valence-corrected chi connectivity index (χ3v) is 2.79. The van der Waals surface area contributed by atoms with E-state index in [1.165, 1.54) is 22.6 Å². The van der Waals surface area contributed by atoms with Crippen LogP contribution in [-0.2, 0) is 6.18 Å². The minimum absolute atomic E-state index is 0.183. The monoisotopic (exact) mass is 353 g/mol. The summed E-state index contributed by atoms with van der Waals surface area (Å²) in [5.74, 6) is -0.183. The van der Waals surface area contributed by atoms with E-state index in [-0.39, 0.29) is 5.75 Å². The van der Waals surface area contributed by atoms with Crippen molar-refractivity contribution in [3.63, 3.8) is 0 Å². The number of ether oxygens (including phenoxy) is 1. The van der Waals surface area contributed by atoms with Gasteiger partial charge in [0.15, 0.2) is 5.75 Å². The zero-order valence-corrected chi connectivity index (χ0v) is 9.94. The van der Waals surface area contributed by atoms with Crippen LogP contribution in [0.3, 0.4) is 0 Å². The first-order valence-electron chi connectivity index (χ1n) is 3.86. The van der Waals surface area contributed by atoms with E-state index in [4.69, 9.17) is 0 Å². The average molecular weight is 353 g/mol. The lowest BCUT2D eigenvalue weighted by Gasteiger charge is -2.15. The molecule has 0 aliphatic carbocycles. The van der Waals surface area contributed by atoms with Gasteiger partial charge in [-0.05, 0) is 22.6 Å². The van der Waals surface area contributed by atoms with Crippen molar-refractivity contribution in [2.24, 2.45) is 0 Å². The molecule has 1 aromatic rings. The number of alkyl halides is 5. The summed E-state index contributed by atoms with van der Waals surface area (Å²) >= 11 is 1.31. The van der Waals surface area contributed by atoms with Gasteiger partial charge < -0.3 is 4.74 Å². The Morgan fingerprint density at radius 2 is 1.94 bits per heavy atom. The van der Waals surface area contributed by atoms with Gasteiger partial charge in [-0.3, -0.25) is 4.98 Å². The molecule has 0 radical (unpaired) electrons. The Balaban J connectivity index is 3.50. The van der Waals surface area contributed by atoms with Crippen LogP contribution in [0.5, 0.6) is 5.75 Å². The van der Waals surface area contributed by atoms with E-state index >= 15 is 0 Å². The van der Waals surface area contributed by atoms with Crippen molar-refractivity contribution in [3.05, 3.63) is 21.0 Å². The summed E-state index contributed by atoms with van der Waals surface area (Å²) in [6, 6.07) is 0. The Morgan fingerprint density at radius 3 is 2.31 bits per heavy atom. The Morgan fingerprint density at radius 1 is 1.38 bits per heavy atom. The van der Waals surface area contributed by atoms with Crippen LogP contribution in [0, 0.1) is 3.57 Å². The Bertz CT molecular complexity index is 393. The predicted octanol–water partition coefficient (Wildman–Crippen LogP) is 3.65. The molecule has 0 bridgehead atoms. The van der Waals surface area contributed by atoms with E-state index in [1.807, 2.05) is 0 Å². The summed E-state index contributed by atoms with van der Waals surface area (Å²) in [6.07, 6.45) is -7.32. The lowest BCUT2D eigenvalue weighted by molar-refractivity contribution is -0.140. The minimum Gasteiger partial charge on any atom is -0.494 e. The predicted molar refractivity (Wildman–Crippen MR) is 53.5 cm³/mol. The number of hydrogen-bond donors (Lipinski definition) is 0. The minimum atomic E-state index is -4.89. The number of pyridine rings is 1. The normalized spacial score (nSPS) is 12.0. The van der Waals surface area contributed by atoms with Crippen molar-refractivity contribution in [1.29, 1.82) is 0 Å². The molecule has 0 N–H and O–H groups in total. The van der Waals surface area contributed by atoms with Gasteiger partial charge in [0.1, 0.15) is 5.69 Å². The van der Waals surface area contributed by atoms with Crippen molar-refractivity contribution in [1.82, 2.24) is 4.98 Å². The van der Waals surface area contributed by atoms with Crippen LogP contribution in [0.1, 0.15) is 17.7 Å². The standard InChI is InChI=1S/C8H5F5INO/c1-16-3-2-15-6(7(9)10)4(5(3)14)8(11,12)13/h2,7H,1H3. The summed E-state index contributed by atoms with van der Waals surface area (Å²) < 4.78 is 66.6. The van der Waals surface area contributed by atoms with Gasteiger partial charge in [0.2, 0.25) is 0 Å². The Labute approximate surface area is 101 Å². The lowest BCUT2D eigenvalue weighted by Crippen LogP contribution is -2.14. The molecule has 90 valence electrons. The van der Waals surface area contributed by atoms with Crippen molar-refractivity contribution in [2.75, 3.05) is 7.11 Å². The summed E-state index contributed by atoms with van der Waals surface area (Å²) in [6.45, 7) is 0. The second-order valence-electron chi connectivity index (χ2n) is 2.70. The maximum Gasteiger partial charge on any atom is 0.419 e. The molecule has 1 aromatic heterocycles. The zero-order chi connectivity index (χ0) is 12.5. The van der Waals surface area contributed by atoms with Gasteiger partial charge in [-0.15, -0.1) is 0 Å². The first kappa shape index (κ1) is 13.4. The molecule has 0 fully saturated rings. The molecule has 1 rings (SSSR count). The quantitative estimate of drug-likeness (QED) is 0.598. The molecule has 0 aliphatic heterocycles. The van der Waals surface area contributed by atoms with Crippen molar-refractivity contribution in [3.8, 4) is 5.75 Å². The van der Waals surface area contributed by atoms with Crippen molar-refractivity contribution in [2.45, 2.75) is 12.6 Å². The Kier molecular flexibility index (Phi) is 3.92. The summed E-state index contributed by atoms with van der Waals surface area (Å²) in [5, 5.41) is 0. The molecule has 1 heterocycles. The Hall–Kier alpha value is -0.670. The SMILES string of the molecule is COc1cnc(C(F)F)c(C(F)(F)F)c1I. The summed E-state index contributed by atoms with van der Waals surface area (Å²) in [4.78, 5) is 3.08. The molecular weight excluding hydrogens is 348 g/mol. The van der Waals surface area contributed by atoms with Crippen LogP contribution in [-0.4, -0.2) is 12.1 Å². The molecule has 0 aliphatic rings. The fraction of sp³-hybridized carbons (Fsp3) is 0.375. The van der Waals surface area contributed by atoms with Gasteiger partial charge in [0.25, 0.3) is 6.43 Å². The third kappa shape index (κ3) is 2.53. The second-order valence-corrected chi connectivity index (χ2v) is 3.78. The molecule has 0 amide bonds. The fourth-order valence-corrected chi connectivity index (χ4v) is 2.00. The molecule has 8 heteroatoms. The number of halogens is 6. The maximum atomic E-state index is 12.6. The number of hydrogen-bond acceptors (Lipinski definition) is 2. The molecule has 0 saturated heterocycles. The van der Waals surface area contributed by atoms with Gasteiger partial charge in [-0.1, -0.05) is 0 Å². The first-order chi connectivity index (χ1) is 7.29. The highest BCUT2D eigenvalue weighted by atomic mass is 127. The maximum absolute atomic E-state index is 12.6. The van der Waals surface area contributed by atoms with Crippen molar-refractivity contribution >= 4 is 22.6 Å². The third-order valence-electron chi connectivity index (χ3n) is 1.72. The van der Waals surface area contributed by atoms with E-state index in [0.29, 0.717) is 0 Å². The molecular formula is C8H5F5INO. The average Bonchev–Trinajstić information content (AvgIpc) is 2.14. The van der Waals surface area contributed by atoms with Crippen LogP contribution in [0.4, 0.5) is 22.0 Å². The zero-order valence-electron chi connectivity index (χ0n) is 7.78. The highest BCUT2D eigenvalue weighted by Crippen LogP contribution is 2.41. The lowest BCUT2D eigenvalue weighted by atomic mass is 10.2. The van der Waals surface area contributed by atoms with Gasteiger partial charge in [-0.2, -0.15) is 13.2 Å². The van der Waals surface area contributed by atoms with E-state index in [1.54, 1.807) is 0 Å². The van der Waals surface area contributed by atoms with Gasteiger partial charge in [0, 0.05) is 0 Å². The van der Waals surface area contributed by atoms with Crippen LogP contribution >= 0.6 is 22.6 Å². The second kappa shape index (κ2) is 4.68. The van der Waals surface area contributed by atoms with Crippen LogP contribution in [0.25, 0.3) is 0 Å². The summed E-state index contributed by atoms with van der Waals surface area (Å²) in [7, 11) is 1.14. The number of rotatable bonds is 2. The number of methoxy groups -OCH3 is 1. The highest BCUT2D eigenvalue weighted by Gasteiger charge is 2.40. The molecule has 0 unspecified atom stereocenters. The largest absolute Gasteiger partial charge is 0.494 e. The topological polar surface area (TPSA) is 22.1 Å². The molecule has 16 heavy (non-hydrogen) atoms. The van der Waals surface area contributed by atoms with Gasteiger partial charge in [-0.25, -0.2) is 8.78 Å². The van der Waals surface area contributed by atoms with Crippen LogP contribution in [0.15, 0.2) is 6.20 Å². The highest BCUT2D eigenvalue weighted by molar-refractivity contribution is 14.1. The van der Waals surface area contributed by atoms with Crippen LogP contribution < -0.4 is 4.74 Å². The van der Waals surface area contributed by atoms with E-state index in [9.17, 15) is 22.0 Å². The summed E-state index contributed by atoms with van der Waals surface area (Å²) in [5.41, 5.74) is -2.72. The number of nitrogens with zero attached hydrogens (tertiary/aromatic N) is 1. The first-order valence-corrected chi connectivity index (χ1v) is 4.94. The molecule has 0 spiro atoms. The van der Waals surface area contributed by atoms with E-state index in [2.05, 4.69) is 9.72 Å². The van der Waals surface area contributed by atoms with Gasteiger partial charge in [0.05, 0.1) is 22.4 Å². The van der Waals surface area contributed by atoms with Crippen molar-refractivity contribution < 1.29 is 26.7 Å². The smallest absolute Gasteiger partial charge is 0.419 e. The molecule has 0 saturated carbocycles. The molecule has 2 nitrogen and oxygen atoms in total. The van der Waals surface area contributed by atoms with E-state index in [0.717, 1.165) is 13.3 Å².